The Morgan fingerprint density at radius 3 is 2.86 bits per heavy atom. The standard InChI is InChI=1S/C11H17N3O5S2/c1-2-4-12-11-9(14(16)17)6-10(20-11)21(18,19)13-5-3-8(15)7-13/h6,8,12,15H,2-5,7H2,1H3. The van der Waals surface area contributed by atoms with Crippen LogP contribution in [0, 0.1) is 10.1 Å². The third kappa shape index (κ3) is 3.34. The molecule has 0 aliphatic carbocycles. The summed E-state index contributed by atoms with van der Waals surface area (Å²) >= 11 is 0.859. The van der Waals surface area contributed by atoms with Gasteiger partial charge in [0.05, 0.1) is 11.0 Å². The summed E-state index contributed by atoms with van der Waals surface area (Å²) < 4.78 is 25.9. The smallest absolute Gasteiger partial charge is 0.304 e. The molecule has 0 bridgehead atoms. The molecule has 1 aromatic rings. The van der Waals surface area contributed by atoms with E-state index in [1.54, 1.807) is 0 Å². The Morgan fingerprint density at radius 2 is 2.33 bits per heavy atom. The van der Waals surface area contributed by atoms with Gasteiger partial charge in [0.25, 0.3) is 10.0 Å². The Bertz CT molecular complexity index is 628. The van der Waals surface area contributed by atoms with Gasteiger partial charge in [-0.15, -0.1) is 0 Å². The van der Waals surface area contributed by atoms with E-state index in [9.17, 15) is 23.6 Å². The number of aliphatic hydroxyl groups excluding tert-OH is 1. The van der Waals surface area contributed by atoms with Crippen LogP contribution in [0.15, 0.2) is 10.3 Å². The van der Waals surface area contributed by atoms with Crippen molar-refractivity contribution in [2.45, 2.75) is 30.1 Å². The molecule has 1 unspecified atom stereocenters. The van der Waals surface area contributed by atoms with Crippen LogP contribution in [0.4, 0.5) is 10.7 Å². The Kier molecular flexibility index (Phi) is 4.81. The zero-order valence-electron chi connectivity index (χ0n) is 11.5. The second kappa shape index (κ2) is 6.26. The van der Waals surface area contributed by atoms with Crippen LogP contribution in [0.5, 0.6) is 0 Å². The summed E-state index contributed by atoms with van der Waals surface area (Å²) in [6.07, 6.45) is 0.482. The van der Waals surface area contributed by atoms with E-state index in [4.69, 9.17) is 0 Å². The highest BCUT2D eigenvalue weighted by atomic mass is 32.2. The number of nitrogens with one attached hydrogen (secondary N) is 1. The molecule has 1 aliphatic rings. The van der Waals surface area contributed by atoms with E-state index in [2.05, 4.69) is 5.32 Å². The highest BCUT2D eigenvalue weighted by molar-refractivity contribution is 7.91. The average molecular weight is 335 g/mol. The van der Waals surface area contributed by atoms with Gasteiger partial charge in [-0.3, -0.25) is 10.1 Å². The first-order valence-corrected chi connectivity index (χ1v) is 8.82. The number of hydrogen-bond donors (Lipinski definition) is 2. The van der Waals surface area contributed by atoms with Crippen molar-refractivity contribution in [3.05, 3.63) is 16.2 Å². The molecule has 1 atom stereocenters. The number of thiophene rings is 1. The van der Waals surface area contributed by atoms with Gasteiger partial charge in [-0.2, -0.15) is 4.31 Å². The van der Waals surface area contributed by atoms with E-state index in [-0.39, 0.29) is 28.0 Å². The van der Waals surface area contributed by atoms with Crippen molar-refractivity contribution in [3.63, 3.8) is 0 Å². The van der Waals surface area contributed by atoms with Gasteiger partial charge >= 0.3 is 5.69 Å². The Morgan fingerprint density at radius 1 is 1.62 bits per heavy atom. The normalized spacial score (nSPS) is 19.8. The molecule has 2 heterocycles. The van der Waals surface area contributed by atoms with E-state index >= 15 is 0 Å². The molecule has 0 saturated carbocycles. The molecule has 21 heavy (non-hydrogen) atoms. The number of hydrogen-bond acceptors (Lipinski definition) is 7. The third-order valence-corrected chi connectivity index (χ3v) is 6.54. The van der Waals surface area contributed by atoms with Crippen molar-refractivity contribution in [1.82, 2.24) is 4.31 Å². The van der Waals surface area contributed by atoms with Crippen LogP contribution in [0.2, 0.25) is 0 Å². The van der Waals surface area contributed by atoms with E-state index in [1.165, 1.54) is 0 Å². The fraction of sp³-hybridized carbons (Fsp3) is 0.636. The SMILES string of the molecule is CCCNc1sc(S(=O)(=O)N2CCC(O)C2)cc1[N+](=O)[O-]. The van der Waals surface area contributed by atoms with Gasteiger partial charge in [0, 0.05) is 25.7 Å². The van der Waals surface area contributed by atoms with Gasteiger partial charge in [-0.25, -0.2) is 8.42 Å². The molecule has 10 heteroatoms. The largest absolute Gasteiger partial charge is 0.392 e. The van der Waals surface area contributed by atoms with Crippen LogP contribution in [0.3, 0.4) is 0 Å². The second-order valence-electron chi connectivity index (χ2n) is 4.77. The number of aliphatic hydroxyl groups is 1. The molecular formula is C11H17N3O5S2. The summed E-state index contributed by atoms with van der Waals surface area (Å²) in [4.78, 5) is 10.4. The summed E-state index contributed by atoms with van der Waals surface area (Å²) in [6, 6.07) is 1.09. The maximum Gasteiger partial charge on any atom is 0.304 e. The van der Waals surface area contributed by atoms with Crippen molar-refractivity contribution in [3.8, 4) is 0 Å². The fourth-order valence-corrected chi connectivity index (χ4v) is 5.04. The Hall–Kier alpha value is -1.23. The second-order valence-corrected chi connectivity index (χ2v) is 7.99. The molecule has 2 rings (SSSR count). The third-order valence-electron chi connectivity index (χ3n) is 3.14. The zero-order valence-corrected chi connectivity index (χ0v) is 13.1. The van der Waals surface area contributed by atoms with E-state index in [1.807, 2.05) is 6.92 Å². The molecule has 0 aromatic carbocycles. The minimum Gasteiger partial charge on any atom is -0.392 e. The quantitative estimate of drug-likeness (QED) is 0.597. The summed E-state index contributed by atoms with van der Waals surface area (Å²) in [7, 11) is -3.78. The van der Waals surface area contributed by atoms with Crippen molar-refractivity contribution < 1.29 is 18.4 Å². The minimum atomic E-state index is -3.78. The first-order valence-electron chi connectivity index (χ1n) is 6.56. The van der Waals surface area contributed by atoms with Crippen LogP contribution in [0.1, 0.15) is 19.8 Å². The number of sulfonamides is 1. The maximum absolute atomic E-state index is 12.4. The van der Waals surface area contributed by atoms with Crippen molar-refractivity contribution >= 4 is 32.0 Å². The van der Waals surface area contributed by atoms with Crippen LogP contribution >= 0.6 is 11.3 Å². The first-order chi connectivity index (χ1) is 9.86. The number of nitrogens with zero attached hydrogens (tertiary/aromatic N) is 2. The van der Waals surface area contributed by atoms with Crippen LogP contribution in [-0.4, -0.2) is 48.5 Å². The lowest BCUT2D eigenvalue weighted by Gasteiger charge is -2.13. The van der Waals surface area contributed by atoms with E-state index < -0.39 is 21.1 Å². The molecule has 1 aliphatic heterocycles. The molecule has 1 saturated heterocycles. The number of nitro groups is 1. The summed E-state index contributed by atoms with van der Waals surface area (Å²) in [5, 5.41) is 23.6. The molecule has 2 N–H and O–H groups in total. The maximum atomic E-state index is 12.4. The molecule has 0 spiro atoms. The van der Waals surface area contributed by atoms with Gasteiger partial charge < -0.3 is 10.4 Å². The molecule has 1 aromatic heterocycles. The fourth-order valence-electron chi connectivity index (χ4n) is 2.04. The Labute approximate surface area is 126 Å². The molecule has 0 radical (unpaired) electrons. The molecule has 1 fully saturated rings. The number of anilines is 1. The molecule has 118 valence electrons. The van der Waals surface area contributed by atoms with Crippen LogP contribution < -0.4 is 5.32 Å². The highest BCUT2D eigenvalue weighted by Gasteiger charge is 2.35. The lowest BCUT2D eigenvalue weighted by atomic mass is 10.3. The van der Waals surface area contributed by atoms with Gasteiger partial charge in [0.1, 0.15) is 4.21 Å². The van der Waals surface area contributed by atoms with E-state index in [0.717, 1.165) is 28.1 Å². The summed E-state index contributed by atoms with van der Waals surface area (Å²) in [6.45, 7) is 2.71. The van der Waals surface area contributed by atoms with Crippen molar-refractivity contribution in [2.24, 2.45) is 0 Å². The van der Waals surface area contributed by atoms with Crippen LogP contribution in [0.25, 0.3) is 0 Å². The highest BCUT2D eigenvalue weighted by Crippen LogP contribution is 2.38. The average Bonchev–Trinajstić information content (AvgIpc) is 3.03. The topological polar surface area (TPSA) is 113 Å². The Balaban J connectivity index is 2.33. The monoisotopic (exact) mass is 335 g/mol. The minimum absolute atomic E-state index is 0.0335. The van der Waals surface area contributed by atoms with Gasteiger partial charge in [0.15, 0.2) is 5.00 Å². The van der Waals surface area contributed by atoms with Gasteiger partial charge in [-0.05, 0) is 12.8 Å². The predicted octanol–water partition coefficient (Wildman–Crippen LogP) is 1.23. The van der Waals surface area contributed by atoms with Crippen molar-refractivity contribution in [1.29, 1.82) is 0 Å². The van der Waals surface area contributed by atoms with Crippen LogP contribution in [-0.2, 0) is 10.0 Å². The number of rotatable bonds is 6. The lowest BCUT2D eigenvalue weighted by Crippen LogP contribution is -2.29. The van der Waals surface area contributed by atoms with Crippen molar-refractivity contribution in [2.75, 3.05) is 25.0 Å². The summed E-state index contributed by atoms with van der Waals surface area (Å²) in [5.74, 6) is 0. The first kappa shape index (κ1) is 16.1. The van der Waals surface area contributed by atoms with Gasteiger partial charge in [0.2, 0.25) is 0 Å². The predicted molar refractivity (Wildman–Crippen MR) is 79.1 cm³/mol. The van der Waals surface area contributed by atoms with Gasteiger partial charge in [-0.1, -0.05) is 18.3 Å². The lowest BCUT2D eigenvalue weighted by molar-refractivity contribution is -0.383. The zero-order chi connectivity index (χ0) is 15.6. The molecule has 8 nitrogen and oxygen atoms in total. The van der Waals surface area contributed by atoms with E-state index in [0.29, 0.717) is 13.0 Å². The summed E-state index contributed by atoms with van der Waals surface area (Å²) in [5.41, 5.74) is -0.230. The number of β-amino-alcohol motifs (C(OH)–C–C–N with tert-alkyl or cyclic N) is 1. The molecular weight excluding hydrogens is 318 g/mol. The molecule has 0 amide bonds.